The van der Waals surface area contributed by atoms with Crippen molar-refractivity contribution in [3.63, 3.8) is 0 Å². The van der Waals surface area contributed by atoms with E-state index in [2.05, 4.69) is 0 Å². The highest BCUT2D eigenvalue weighted by molar-refractivity contribution is 7.66. The molecule has 0 aliphatic heterocycles. The molecule has 0 heterocycles. The minimum absolute atomic E-state index is 0.0219. The molecule has 182 valence electrons. The maximum absolute atomic E-state index is 7.31. The van der Waals surface area contributed by atoms with Crippen molar-refractivity contribution in [2.45, 2.75) is 99.2 Å². The molecule has 0 atom stereocenters. The predicted octanol–water partition coefficient (Wildman–Crippen LogP) is 10.1. The fourth-order valence-electron chi connectivity index (χ4n) is 6.70. The molecule has 2 N–H and O–H groups in total. The second kappa shape index (κ2) is 10.5. The first kappa shape index (κ1) is 28.8. The Morgan fingerprint density at radius 1 is 0.484 bits per heavy atom. The Balaban J connectivity index is 1.81. The van der Waals surface area contributed by atoms with Gasteiger partial charge in [0.05, 0.1) is 0 Å². The van der Waals surface area contributed by atoms with Gasteiger partial charge in [0, 0.05) is 5.54 Å². The minimum atomic E-state index is -2.73. The quantitative estimate of drug-likeness (QED) is 0.230. The molecule has 0 unspecified atom stereocenters. The summed E-state index contributed by atoms with van der Waals surface area (Å²) < 4.78 is 0. The molecule has 1 nitrogen and oxygen atoms in total. The topological polar surface area (TPSA) is 26.0 Å². The van der Waals surface area contributed by atoms with E-state index in [1.54, 1.807) is 0 Å². The average Bonchev–Trinajstić information content (AvgIpc) is 2.66. The molecule has 0 amide bonds. The molecule has 3 rings (SSSR count). The first-order valence-corrected chi connectivity index (χ1v) is 26.4. The largest absolute Gasteiger partial charge is 0.344 e. The van der Waals surface area contributed by atoms with Gasteiger partial charge >= 0.3 is 18.0 Å². The molecular formula is C18H30Cl9NSi3. The molecule has 13 heteroatoms. The molecular weight excluding hydrogens is 634 g/mol. The van der Waals surface area contributed by atoms with Crippen molar-refractivity contribution >= 4 is 118 Å². The lowest BCUT2D eigenvalue weighted by Gasteiger charge is -2.60. The van der Waals surface area contributed by atoms with Gasteiger partial charge in [-0.2, -0.15) is 0 Å². The van der Waals surface area contributed by atoms with Crippen molar-refractivity contribution in [3.8, 4) is 0 Å². The maximum Gasteiger partial charge on any atom is 0.344 e. The molecule has 0 aromatic heterocycles. The van der Waals surface area contributed by atoms with E-state index in [0.29, 0.717) is 5.92 Å². The Morgan fingerprint density at radius 2 is 0.806 bits per heavy atom. The van der Waals surface area contributed by atoms with Crippen LogP contribution in [0.5, 0.6) is 0 Å². The van der Waals surface area contributed by atoms with Gasteiger partial charge in [-0.3, -0.25) is 0 Å². The summed E-state index contributed by atoms with van der Waals surface area (Å²) in [5.41, 5.74) is 7.67. The zero-order chi connectivity index (χ0) is 23.3. The number of hydrogen-bond donors (Lipinski definition) is 1. The van der Waals surface area contributed by atoms with Gasteiger partial charge in [0.15, 0.2) is 0 Å². The summed E-state index contributed by atoms with van der Waals surface area (Å²) in [6, 6.07) is -8.14. The van der Waals surface area contributed by atoms with Gasteiger partial charge in [0.2, 0.25) is 0 Å². The highest BCUT2D eigenvalue weighted by atomic mass is 35.9. The first-order valence-electron chi connectivity index (χ1n) is 11.1. The summed E-state index contributed by atoms with van der Waals surface area (Å²) in [5.74, 6) is 0.509. The number of rotatable bonds is 5. The maximum atomic E-state index is 7.31. The summed E-state index contributed by atoms with van der Waals surface area (Å²) >= 11 is 57.4. The van der Waals surface area contributed by atoms with Gasteiger partial charge < -0.3 is 5.73 Å². The molecule has 0 spiro atoms. The zero-order valence-corrected chi connectivity index (χ0v) is 27.1. The Bertz CT molecular complexity index is 610. The van der Waals surface area contributed by atoms with Crippen LogP contribution in [0.15, 0.2) is 0 Å². The normalized spacial score (nSPS) is 41.2. The third-order valence-electron chi connectivity index (χ3n) is 8.64. The van der Waals surface area contributed by atoms with E-state index in [1.807, 2.05) is 0 Å². The van der Waals surface area contributed by atoms with E-state index < -0.39 is 18.0 Å². The van der Waals surface area contributed by atoms with E-state index in [0.717, 1.165) is 77.0 Å². The fraction of sp³-hybridized carbons (Fsp3) is 1.00. The minimum Gasteiger partial charge on any atom is -0.325 e. The van der Waals surface area contributed by atoms with E-state index in [1.165, 1.54) is 0 Å². The molecule has 3 fully saturated rings. The Labute approximate surface area is 231 Å². The molecule has 31 heavy (non-hydrogen) atoms. The van der Waals surface area contributed by atoms with Crippen LogP contribution in [0.4, 0.5) is 0 Å². The lowest BCUT2D eigenvalue weighted by molar-refractivity contribution is -0.0333. The number of hydrogen-bond acceptors (Lipinski definition) is 1. The summed E-state index contributed by atoms with van der Waals surface area (Å²) in [5, 5.41) is 0. The van der Waals surface area contributed by atoms with Crippen LogP contribution in [0, 0.1) is 11.3 Å². The van der Waals surface area contributed by atoms with Gasteiger partial charge in [-0.05, 0) is 105 Å². The average molecular weight is 664 g/mol. The summed E-state index contributed by atoms with van der Waals surface area (Å²) in [6.07, 6.45) is 11.5. The summed E-state index contributed by atoms with van der Waals surface area (Å²) in [6.45, 7) is 0. The zero-order valence-electron chi connectivity index (χ0n) is 17.3. The molecule has 3 saturated carbocycles. The van der Waals surface area contributed by atoms with Crippen molar-refractivity contribution in [1.82, 2.24) is 0 Å². The van der Waals surface area contributed by atoms with Crippen molar-refractivity contribution in [2.75, 3.05) is 0 Å². The van der Waals surface area contributed by atoms with Crippen LogP contribution in [0.2, 0.25) is 16.6 Å². The van der Waals surface area contributed by atoms with Crippen LogP contribution in [0.25, 0.3) is 0 Å². The lowest BCUT2D eigenvalue weighted by atomic mass is 9.50. The summed E-state index contributed by atoms with van der Waals surface area (Å²) in [4.78, 5) is 0. The van der Waals surface area contributed by atoms with Crippen LogP contribution in [0.3, 0.4) is 0 Å². The van der Waals surface area contributed by atoms with E-state index in [-0.39, 0.29) is 27.6 Å². The lowest BCUT2D eigenvalue weighted by Crippen LogP contribution is -2.62. The van der Waals surface area contributed by atoms with E-state index >= 15 is 0 Å². The van der Waals surface area contributed by atoms with E-state index in [4.69, 9.17) is 105 Å². The Morgan fingerprint density at radius 3 is 1.16 bits per heavy atom. The number of nitrogens with two attached hydrogens (primary N) is 1. The third-order valence-corrected chi connectivity index (χ3v) is 21.5. The fourth-order valence-corrected chi connectivity index (χ4v) is 15.5. The van der Waals surface area contributed by atoms with Crippen molar-refractivity contribution in [3.05, 3.63) is 0 Å². The van der Waals surface area contributed by atoms with Gasteiger partial charge in [0.25, 0.3) is 0 Å². The molecule has 0 saturated heterocycles. The van der Waals surface area contributed by atoms with Crippen LogP contribution >= 0.6 is 99.7 Å². The van der Waals surface area contributed by atoms with Crippen LogP contribution in [-0.2, 0) is 0 Å². The molecule has 3 aliphatic rings. The van der Waals surface area contributed by atoms with Crippen LogP contribution < -0.4 is 5.73 Å². The molecule has 0 aromatic carbocycles. The summed E-state index contributed by atoms with van der Waals surface area (Å²) in [7, 11) is 0. The monoisotopic (exact) mass is 659 g/mol. The second-order valence-corrected chi connectivity index (χ2v) is 37.1. The van der Waals surface area contributed by atoms with Crippen molar-refractivity contribution < 1.29 is 0 Å². The SMILES string of the molecule is NC1(C2(C3CCC([Si](Cl)(Cl)Cl)CC3)CCC([Si](Cl)(Cl)Cl)CC2)CCC([Si](Cl)(Cl)Cl)CC1. The molecule has 0 aromatic rings. The van der Waals surface area contributed by atoms with Crippen molar-refractivity contribution in [2.24, 2.45) is 17.1 Å². The standard InChI is InChI=1S/C18H30Cl9NSi3/c19-29(20,21)14-3-1-13(2-4-14)17(9-5-15(6-10-17)30(22,23)24)18(28)11-7-16(8-12-18)31(25,26)27/h13-16H,1-12,28H2. The van der Waals surface area contributed by atoms with Gasteiger partial charge in [-0.25, -0.2) is 0 Å². The van der Waals surface area contributed by atoms with E-state index in [9.17, 15) is 0 Å². The molecule has 0 bridgehead atoms. The molecule has 0 radical (unpaired) electrons. The first-order chi connectivity index (χ1) is 14.1. The van der Waals surface area contributed by atoms with Gasteiger partial charge in [-0.15, -0.1) is 99.7 Å². The number of halogens is 9. The van der Waals surface area contributed by atoms with Gasteiger partial charge in [0.1, 0.15) is 0 Å². The highest BCUT2D eigenvalue weighted by Gasteiger charge is 2.58. The molecule has 3 aliphatic carbocycles. The van der Waals surface area contributed by atoms with Crippen molar-refractivity contribution in [1.29, 1.82) is 0 Å². The Hall–Kier alpha value is 3.22. The Kier molecular flexibility index (Phi) is 9.78. The second-order valence-electron chi connectivity index (χ2n) is 10.0. The van der Waals surface area contributed by atoms with Crippen LogP contribution in [-0.4, -0.2) is 23.5 Å². The van der Waals surface area contributed by atoms with Gasteiger partial charge in [-0.1, -0.05) is 0 Å². The highest BCUT2D eigenvalue weighted by Crippen LogP contribution is 2.63. The third kappa shape index (κ3) is 6.57. The van der Waals surface area contributed by atoms with Crippen LogP contribution in [0.1, 0.15) is 77.0 Å². The predicted molar refractivity (Wildman–Crippen MR) is 149 cm³/mol. The smallest absolute Gasteiger partial charge is 0.325 e.